The molecular weight excluding hydrogens is 394 g/mol. The molecule has 1 aliphatic carbocycles. The highest BCUT2D eigenvalue weighted by Crippen LogP contribution is 2.39. The largest absolute Gasteiger partial charge is 0.417 e. The van der Waals surface area contributed by atoms with Gasteiger partial charge in [0.1, 0.15) is 6.07 Å². The summed E-state index contributed by atoms with van der Waals surface area (Å²) < 4.78 is 6.41. The molecule has 0 unspecified atom stereocenters. The monoisotopic (exact) mass is 429 g/mol. The Morgan fingerprint density at radius 2 is 1.97 bits per heavy atom. The Kier molecular flexibility index (Phi) is 7.01. The maximum absolute atomic E-state index is 13.2. The topological polar surface area (TPSA) is 75.4 Å². The first-order valence-electron chi connectivity index (χ1n) is 11.1. The lowest BCUT2D eigenvalue weighted by Gasteiger charge is -2.38. The number of pyridine rings is 1. The number of carbonyl (C=O) groups is 1. The Hall–Kier alpha value is -1.75. The van der Waals surface area contributed by atoms with Crippen LogP contribution in [0.5, 0.6) is 0 Å². The van der Waals surface area contributed by atoms with E-state index < -0.39 is 8.32 Å². The van der Waals surface area contributed by atoms with E-state index in [0.717, 1.165) is 44.3 Å². The van der Waals surface area contributed by atoms with Crippen molar-refractivity contribution in [2.75, 3.05) is 13.2 Å². The summed E-state index contributed by atoms with van der Waals surface area (Å²) in [5, 5.41) is 10.9. The van der Waals surface area contributed by atoms with Crippen molar-refractivity contribution in [1.29, 1.82) is 5.26 Å². The summed E-state index contributed by atoms with van der Waals surface area (Å²) in [6.07, 6.45) is 7.82. The average molecular weight is 430 g/mol. The number of amides is 1. The van der Waals surface area contributed by atoms with Gasteiger partial charge in [-0.2, -0.15) is 5.26 Å². The highest BCUT2D eigenvalue weighted by atomic mass is 28.4. The maximum Gasteiger partial charge on any atom is 0.249 e. The lowest BCUT2D eigenvalue weighted by atomic mass is 9.81. The minimum absolute atomic E-state index is 0.00169. The van der Waals surface area contributed by atoms with Crippen LogP contribution in [0, 0.1) is 23.2 Å². The Bertz CT molecular complexity index is 792. The molecule has 1 saturated carbocycles. The minimum Gasteiger partial charge on any atom is -0.417 e. The van der Waals surface area contributed by atoms with E-state index in [1.54, 1.807) is 17.5 Å². The van der Waals surface area contributed by atoms with Crippen LogP contribution < -0.4 is 0 Å². The molecule has 2 heterocycles. The van der Waals surface area contributed by atoms with Gasteiger partial charge in [0.25, 0.3) is 0 Å². The SMILES string of the molecule is CC(C)(C)[Si](C)(C)OC[C@H]1CC[C@H](C(=O)N2OCC[C@H]2c2cncc(C#N)c2)CC1. The van der Waals surface area contributed by atoms with Crippen molar-refractivity contribution in [3.05, 3.63) is 29.6 Å². The molecule has 1 atom stereocenters. The van der Waals surface area contributed by atoms with Crippen LogP contribution in [-0.2, 0) is 14.1 Å². The molecule has 30 heavy (non-hydrogen) atoms. The number of aromatic nitrogens is 1. The summed E-state index contributed by atoms with van der Waals surface area (Å²) in [5.74, 6) is 0.612. The Morgan fingerprint density at radius 3 is 2.60 bits per heavy atom. The molecule has 1 saturated heterocycles. The molecule has 164 valence electrons. The van der Waals surface area contributed by atoms with E-state index in [4.69, 9.17) is 14.5 Å². The first-order valence-corrected chi connectivity index (χ1v) is 14.0. The van der Waals surface area contributed by atoms with Crippen molar-refractivity contribution >= 4 is 14.2 Å². The third-order valence-electron chi connectivity index (χ3n) is 7.08. The third kappa shape index (κ3) is 5.10. The molecule has 1 aliphatic heterocycles. The summed E-state index contributed by atoms with van der Waals surface area (Å²) in [7, 11) is -1.73. The minimum atomic E-state index is -1.73. The average Bonchev–Trinajstić information content (AvgIpc) is 3.21. The van der Waals surface area contributed by atoms with Gasteiger partial charge in [0.05, 0.1) is 18.2 Å². The normalized spacial score (nSPS) is 25.2. The second-order valence-electron chi connectivity index (χ2n) is 10.2. The summed E-state index contributed by atoms with van der Waals surface area (Å²) in [6.45, 7) is 12.7. The fourth-order valence-corrected chi connectivity index (χ4v) is 5.07. The van der Waals surface area contributed by atoms with E-state index in [2.05, 4.69) is 44.9 Å². The standard InChI is InChI=1S/C23H35N3O3Si/c1-23(2,3)30(4,5)29-16-17-6-8-19(9-7-17)22(27)26-21(10-11-28-26)20-12-18(13-24)14-25-15-20/h12,14-15,17,19,21H,6-11,16H2,1-5H3/t17-,19-,21-/m0/s1. The second kappa shape index (κ2) is 9.17. The zero-order valence-corrected chi connectivity index (χ0v) is 20.0. The van der Waals surface area contributed by atoms with Crippen LogP contribution in [0.3, 0.4) is 0 Å². The van der Waals surface area contributed by atoms with Crippen molar-refractivity contribution in [3.63, 3.8) is 0 Å². The van der Waals surface area contributed by atoms with Crippen LogP contribution in [0.2, 0.25) is 18.1 Å². The molecular formula is C23H35N3O3Si. The first-order chi connectivity index (χ1) is 14.1. The zero-order valence-electron chi connectivity index (χ0n) is 19.0. The molecule has 0 spiro atoms. The van der Waals surface area contributed by atoms with E-state index >= 15 is 0 Å². The molecule has 2 aliphatic rings. The number of hydrogen-bond acceptors (Lipinski definition) is 5. The van der Waals surface area contributed by atoms with E-state index in [9.17, 15) is 4.79 Å². The van der Waals surface area contributed by atoms with Crippen LogP contribution in [0.25, 0.3) is 0 Å². The van der Waals surface area contributed by atoms with Crippen molar-refractivity contribution in [1.82, 2.24) is 10.0 Å². The van der Waals surface area contributed by atoms with Gasteiger partial charge in [-0.1, -0.05) is 20.8 Å². The molecule has 0 N–H and O–H groups in total. The number of carbonyl (C=O) groups excluding carboxylic acids is 1. The van der Waals surface area contributed by atoms with Crippen LogP contribution in [-0.4, -0.2) is 37.5 Å². The number of nitrogens with zero attached hydrogens (tertiary/aromatic N) is 3. The van der Waals surface area contributed by atoms with Gasteiger partial charge in [-0.25, -0.2) is 5.06 Å². The lowest BCUT2D eigenvalue weighted by Crippen LogP contribution is -2.42. The van der Waals surface area contributed by atoms with E-state index in [0.29, 0.717) is 18.1 Å². The molecule has 1 aromatic heterocycles. The van der Waals surface area contributed by atoms with Gasteiger partial charge < -0.3 is 4.43 Å². The highest BCUT2D eigenvalue weighted by molar-refractivity contribution is 6.74. The third-order valence-corrected chi connectivity index (χ3v) is 11.6. The van der Waals surface area contributed by atoms with E-state index in [-0.39, 0.29) is 22.9 Å². The molecule has 0 bridgehead atoms. The molecule has 0 aromatic carbocycles. The number of hydrogen-bond donors (Lipinski definition) is 0. The van der Waals surface area contributed by atoms with Crippen molar-refractivity contribution in [3.8, 4) is 6.07 Å². The van der Waals surface area contributed by atoms with Gasteiger partial charge in [0.2, 0.25) is 5.91 Å². The number of nitriles is 1. The summed E-state index contributed by atoms with van der Waals surface area (Å²) in [6, 6.07) is 3.77. The first kappa shape index (κ1) is 22.9. The fourth-order valence-electron chi connectivity index (χ4n) is 3.99. The van der Waals surface area contributed by atoms with E-state index in [1.165, 1.54) is 0 Å². The van der Waals surface area contributed by atoms with Gasteiger partial charge in [0, 0.05) is 31.3 Å². The Balaban J connectivity index is 1.55. The van der Waals surface area contributed by atoms with E-state index in [1.807, 2.05) is 6.07 Å². The van der Waals surface area contributed by atoms with Crippen LogP contribution in [0.15, 0.2) is 18.5 Å². The molecule has 1 aromatic rings. The number of rotatable bonds is 5. The number of hydroxylamine groups is 2. The summed E-state index contributed by atoms with van der Waals surface area (Å²) >= 11 is 0. The lowest BCUT2D eigenvalue weighted by molar-refractivity contribution is -0.183. The Labute approximate surface area is 181 Å². The molecule has 7 heteroatoms. The van der Waals surface area contributed by atoms with Crippen molar-refractivity contribution in [2.24, 2.45) is 11.8 Å². The molecule has 3 rings (SSSR count). The van der Waals surface area contributed by atoms with Crippen LogP contribution >= 0.6 is 0 Å². The van der Waals surface area contributed by atoms with Gasteiger partial charge in [0.15, 0.2) is 8.32 Å². The smallest absolute Gasteiger partial charge is 0.249 e. The molecule has 1 amide bonds. The molecule has 0 radical (unpaired) electrons. The maximum atomic E-state index is 13.2. The summed E-state index contributed by atoms with van der Waals surface area (Å²) in [4.78, 5) is 23.1. The highest BCUT2D eigenvalue weighted by Gasteiger charge is 2.40. The summed E-state index contributed by atoms with van der Waals surface area (Å²) in [5.41, 5.74) is 1.38. The predicted octanol–water partition coefficient (Wildman–Crippen LogP) is 4.99. The molecule has 2 fully saturated rings. The van der Waals surface area contributed by atoms with Gasteiger partial charge in [-0.3, -0.25) is 14.6 Å². The van der Waals surface area contributed by atoms with Gasteiger partial charge in [-0.05, 0) is 61.4 Å². The van der Waals surface area contributed by atoms with Crippen molar-refractivity contribution in [2.45, 2.75) is 77.0 Å². The zero-order chi connectivity index (χ0) is 21.9. The molecule has 6 nitrogen and oxygen atoms in total. The van der Waals surface area contributed by atoms with Crippen LogP contribution in [0.4, 0.5) is 0 Å². The fraction of sp³-hybridized carbons (Fsp3) is 0.696. The van der Waals surface area contributed by atoms with Gasteiger partial charge >= 0.3 is 0 Å². The van der Waals surface area contributed by atoms with Crippen molar-refractivity contribution < 1.29 is 14.1 Å². The Morgan fingerprint density at radius 1 is 1.27 bits per heavy atom. The van der Waals surface area contributed by atoms with Crippen LogP contribution in [0.1, 0.15) is 70.0 Å². The van der Waals surface area contributed by atoms with Gasteiger partial charge in [-0.15, -0.1) is 0 Å². The quantitative estimate of drug-likeness (QED) is 0.617. The second-order valence-corrected chi connectivity index (χ2v) is 15.0. The predicted molar refractivity (Wildman–Crippen MR) is 118 cm³/mol.